The van der Waals surface area contributed by atoms with Crippen molar-refractivity contribution < 1.29 is 4.79 Å². The van der Waals surface area contributed by atoms with Gasteiger partial charge in [-0.2, -0.15) is 0 Å². The zero-order valence-corrected chi connectivity index (χ0v) is 15.9. The third kappa shape index (κ3) is 5.05. The zero-order chi connectivity index (χ0) is 18.2. The minimum atomic E-state index is 0.0729. The SMILES string of the molecule is CCNC(=NCC(=O)N1CCc2sccc2C1)NCCc1ccccn1. The molecule has 0 fully saturated rings. The molecule has 0 unspecified atom stereocenters. The highest BCUT2D eigenvalue weighted by Crippen LogP contribution is 2.23. The summed E-state index contributed by atoms with van der Waals surface area (Å²) in [6.45, 7) is 5.14. The average Bonchev–Trinajstić information content (AvgIpc) is 3.14. The number of carbonyl (C=O) groups excluding carboxylic acids is 1. The van der Waals surface area contributed by atoms with Gasteiger partial charge in [0.05, 0.1) is 0 Å². The molecule has 0 spiro atoms. The van der Waals surface area contributed by atoms with Crippen LogP contribution in [0.2, 0.25) is 0 Å². The first-order chi connectivity index (χ1) is 12.8. The van der Waals surface area contributed by atoms with Gasteiger partial charge in [-0.15, -0.1) is 11.3 Å². The van der Waals surface area contributed by atoms with Gasteiger partial charge >= 0.3 is 0 Å². The van der Waals surface area contributed by atoms with E-state index in [0.717, 1.165) is 38.2 Å². The largest absolute Gasteiger partial charge is 0.357 e. The van der Waals surface area contributed by atoms with Crippen molar-refractivity contribution in [1.29, 1.82) is 0 Å². The van der Waals surface area contributed by atoms with Gasteiger partial charge in [-0.3, -0.25) is 9.78 Å². The second-order valence-corrected chi connectivity index (χ2v) is 7.13. The fourth-order valence-electron chi connectivity index (χ4n) is 2.90. The molecule has 1 aliphatic heterocycles. The summed E-state index contributed by atoms with van der Waals surface area (Å²) in [7, 11) is 0. The van der Waals surface area contributed by atoms with Crippen LogP contribution in [0.4, 0.5) is 0 Å². The van der Waals surface area contributed by atoms with Crippen LogP contribution in [-0.4, -0.2) is 47.9 Å². The van der Waals surface area contributed by atoms with Crippen molar-refractivity contribution in [2.24, 2.45) is 4.99 Å². The lowest BCUT2D eigenvalue weighted by atomic mass is 10.1. The summed E-state index contributed by atoms with van der Waals surface area (Å²) < 4.78 is 0. The predicted octanol–water partition coefficient (Wildman–Crippen LogP) is 1.83. The minimum Gasteiger partial charge on any atom is -0.357 e. The quantitative estimate of drug-likeness (QED) is 0.600. The van der Waals surface area contributed by atoms with Crippen molar-refractivity contribution in [1.82, 2.24) is 20.5 Å². The van der Waals surface area contributed by atoms with E-state index >= 15 is 0 Å². The topological polar surface area (TPSA) is 69.6 Å². The normalized spacial score (nSPS) is 14.0. The average molecular weight is 372 g/mol. The Kier molecular flexibility index (Phi) is 6.60. The van der Waals surface area contributed by atoms with Gasteiger partial charge in [0.1, 0.15) is 6.54 Å². The van der Waals surface area contributed by atoms with E-state index in [0.29, 0.717) is 12.5 Å². The Morgan fingerprint density at radius 3 is 3.08 bits per heavy atom. The Balaban J connectivity index is 1.49. The van der Waals surface area contributed by atoms with Gasteiger partial charge in [0.15, 0.2) is 5.96 Å². The first-order valence-corrected chi connectivity index (χ1v) is 9.89. The summed E-state index contributed by atoms with van der Waals surface area (Å²) >= 11 is 1.78. The van der Waals surface area contributed by atoms with Crippen LogP contribution >= 0.6 is 11.3 Å². The van der Waals surface area contributed by atoms with Gasteiger partial charge in [0.2, 0.25) is 5.91 Å². The second kappa shape index (κ2) is 9.33. The number of nitrogens with zero attached hydrogens (tertiary/aromatic N) is 3. The molecule has 26 heavy (non-hydrogen) atoms. The molecule has 0 saturated carbocycles. The number of thiophene rings is 1. The number of hydrogen-bond donors (Lipinski definition) is 2. The maximum atomic E-state index is 12.5. The molecule has 138 valence electrons. The van der Waals surface area contributed by atoms with E-state index in [2.05, 4.69) is 32.1 Å². The molecule has 0 aliphatic carbocycles. The highest BCUT2D eigenvalue weighted by atomic mass is 32.1. The molecule has 7 heteroatoms. The molecule has 0 bridgehead atoms. The van der Waals surface area contributed by atoms with Gasteiger partial charge in [-0.05, 0) is 42.5 Å². The van der Waals surface area contributed by atoms with Crippen LogP contribution in [0.3, 0.4) is 0 Å². The van der Waals surface area contributed by atoms with Crippen molar-refractivity contribution in [2.75, 3.05) is 26.2 Å². The number of pyridine rings is 1. The van der Waals surface area contributed by atoms with Gasteiger partial charge in [0, 0.05) is 49.4 Å². The monoisotopic (exact) mass is 371 g/mol. The molecule has 0 radical (unpaired) electrons. The molecule has 3 heterocycles. The summed E-state index contributed by atoms with van der Waals surface area (Å²) in [5.74, 6) is 0.744. The molecule has 0 saturated heterocycles. The Bertz CT molecular complexity index is 743. The van der Waals surface area contributed by atoms with Crippen LogP contribution in [0.1, 0.15) is 23.1 Å². The summed E-state index contributed by atoms with van der Waals surface area (Å²) in [5.41, 5.74) is 2.31. The van der Waals surface area contributed by atoms with Gasteiger partial charge in [-0.25, -0.2) is 4.99 Å². The van der Waals surface area contributed by atoms with E-state index in [-0.39, 0.29) is 12.5 Å². The first kappa shape index (κ1) is 18.4. The molecule has 0 aromatic carbocycles. The lowest BCUT2D eigenvalue weighted by Gasteiger charge is -2.26. The van der Waals surface area contributed by atoms with Crippen molar-refractivity contribution in [2.45, 2.75) is 26.3 Å². The fraction of sp³-hybridized carbons (Fsp3) is 0.421. The number of amides is 1. The maximum absolute atomic E-state index is 12.5. The molecular formula is C19H25N5OS. The third-order valence-corrected chi connectivity index (χ3v) is 5.30. The predicted molar refractivity (Wildman–Crippen MR) is 105 cm³/mol. The summed E-state index contributed by atoms with van der Waals surface area (Å²) in [4.78, 5) is 24.6. The lowest BCUT2D eigenvalue weighted by molar-refractivity contribution is -0.130. The number of hydrogen-bond acceptors (Lipinski definition) is 4. The summed E-state index contributed by atoms with van der Waals surface area (Å²) in [6.07, 6.45) is 3.56. The fourth-order valence-corrected chi connectivity index (χ4v) is 3.79. The van der Waals surface area contributed by atoms with Crippen LogP contribution in [0.25, 0.3) is 0 Å². The number of carbonyl (C=O) groups is 1. The summed E-state index contributed by atoms with van der Waals surface area (Å²) in [5, 5.41) is 8.56. The smallest absolute Gasteiger partial charge is 0.244 e. The molecule has 6 nitrogen and oxygen atoms in total. The van der Waals surface area contributed by atoms with E-state index in [4.69, 9.17) is 0 Å². The van der Waals surface area contributed by atoms with Crippen LogP contribution < -0.4 is 10.6 Å². The summed E-state index contributed by atoms with van der Waals surface area (Å²) in [6, 6.07) is 8.02. The number of guanidine groups is 1. The van der Waals surface area contributed by atoms with Crippen molar-refractivity contribution in [3.05, 3.63) is 52.0 Å². The van der Waals surface area contributed by atoms with Gasteiger partial charge < -0.3 is 15.5 Å². The molecule has 2 N–H and O–H groups in total. The maximum Gasteiger partial charge on any atom is 0.244 e. The minimum absolute atomic E-state index is 0.0729. The van der Waals surface area contributed by atoms with Gasteiger partial charge in [-0.1, -0.05) is 6.07 Å². The number of rotatable bonds is 6. The van der Waals surface area contributed by atoms with Crippen LogP contribution in [0.5, 0.6) is 0 Å². The van der Waals surface area contributed by atoms with Crippen LogP contribution in [0, 0.1) is 0 Å². The standard InChI is InChI=1S/C19H25N5OS/c1-2-20-19(22-10-6-16-5-3-4-9-21-16)23-13-18(25)24-11-7-17-15(14-24)8-12-26-17/h3-5,8-9,12H,2,6-7,10-11,13-14H2,1H3,(H2,20,22,23). The molecule has 3 rings (SSSR count). The Hall–Kier alpha value is -2.41. The van der Waals surface area contributed by atoms with Crippen LogP contribution in [0.15, 0.2) is 40.8 Å². The van der Waals surface area contributed by atoms with Crippen molar-refractivity contribution in [3.63, 3.8) is 0 Å². The lowest BCUT2D eigenvalue weighted by Crippen LogP contribution is -2.41. The Morgan fingerprint density at radius 2 is 2.27 bits per heavy atom. The second-order valence-electron chi connectivity index (χ2n) is 6.13. The van der Waals surface area contributed by atoms with E-state index in [9.17, 15) is 4.79 Å². The third-order valence-electron chi connectivity index (χ3n) is 4.28. The van der Waals surface area contributed by atoms with E-state index in [1.54, 1.807) is 17.5 Å². The highest BCUT2D eigenvalue weighted by molar-refractivity contribution is 7.10. The first-order valence-electron chi connectivity index (χ1n) is 9.01. The number of fused-ring (bicyclic) bond motifs is 1. The Labute approximate surface area is 158 Å². The number of aliphatic imine (C=N–C) groups is 1. The van der Waals surface area contributed by atoms with E-state index < -0.39 is 0 Å². The van der Waals surface area contributed by atoms with E-state index in [1.165, 1.54) is 10.4 Å². The van der Waals surface area contributed by atoms with Crippen molar-refractivity contribution in [3.8, 4) is 0 Å². The molecule has 2 aromatic heterocycles. The molecule has 0 atom stereocenters. The molecule has 1 aliphatic rings. The van der Waals surface area contributed by atoms with Gasteiger partial charge in [0.25, 0.3) is 0 Å². The number of aromatic nitrogens is 1. The zero-order valence-electron chi connectivity index (χ0n) is 15.1. The van der Waals surface area contributed by atoms with E-state index in [1.807, 2.05) is 30.0 Å². The molecule has 1 amide bonds. The van der Waals surface area contributed by atoms with Crippen molar-refractivity contribution >= 4 is 23.2 Å². The van der Waals surface area contributed by atoms with Crippen LogP contribution in [-0.2, 0) is 24.2 Å². The number of nitrogens with one attached hydrogen (secondary N) is 2. The molecule has 2 aromatic rings. The molecular weight excluding hydrogens is 346 g/mol. The highest BCUT2D eigenvalue weighted by Gasteiger charge is 2.21. The Morgan fingerprint density at radius 1 is 1.35 bits per heavy atom.